The van der Waals surface area contributed by atoms with Crippen LogP contribution >= 0.6 is 0 Å². The molecule has 26 heavy (non-hydrogen) atoms. The van der Waals surface area contributed by atoms with Crippen LogP contribution in [0, 0.1) is 10.8 Å². The molecule has 0 radical (unpaired) electrons. The highest BCUT2D eigenvalue weighted by Crippen LogP contribution is 2.37. The third kappa shape index (κ3) is 9.91. The zero-order chi connectivity index (χ0) is 19.9. The molecule has 0 aliphatic heterocycles. The lowest BCUT2D eigenvalue weighted by Crippen LogP contribution is -2.23. The Morgan fingerprint density at radius 3 is 1.62 bits per heavy atom. The zero-order valence-electron chi connectivity index (χ0n) is 17.8. The summed E-state index contributed by atoms with van der Waals surface area (Å²) in [5.74, 6) is -0.679. The molecule has 0 bridgehead atoms. The average molecular weight is 373 g/mol. The van der Waals surface area contributed by atoms with Crippen LogP contribution in [0.2, 0.25) is 0 Å². The van der Waals surface area contributed by atoms with Crippen molar-refractivity contribution >= 4 is 5.97 Å². The predicted molar refractivity (Wildman–Crippen MR) is 109 cm³/mol. The van der Waals surface area contributed by atoms with Gasteiger partial charge in [-0.1, -0.05) is 53.4 Å². The van der Waals surface area contributed by atoms with Crippen molar-refractivity contribution in [2.45, 2.75) is 105 Å². The number of carboxylic acids is 1. The number of aliphatic hydroxyl groups excluding tert-OH is 1. The predicted octanol–water partition coefficient (Wildman–Crippen LogP) is 5.81. The fourth-order valence-corrected chi connectivity index (χ4v) is 4.09. The molecule has 0 spiro atoms. The first-order valence-electron chi connectivity index (χ1n) is 10.8. The van der Waals surface area contributed by atoms with Crippen molar-refractivity contribution in [1.82, 2.24) is 0 Å². The molecule has 0 saturated heterocycles. The highest BCUT2D eigenvalue weighted by atomic mass is 16.5. The van der Waals surface area contributed by atoms with Gasteiger partial charge in [0.1, 0.15) is 0 Å². The molecule has 0 aliphatic rings. The van der Waals surface area contributed by atoms with Crippen LogP contribution < -0.4 is 0 Å². The Morgan fingerprint density at radius 2 is 1.23 bits per heavy atom. The van der Waals surface area contributed by atoms with E-state index < -0.39 is 5.97 Å². The maximum Gasteiger partial charge on any atom is 0.303 e. The van der Waals surface area contributed by atoms with E-state index in [0.29, 0.717) is 5.41 Å². The lowest BCUT2D eigenvalue weighted by atomic mass is 9.75. The van der Waals surface area contributed by atoms with Crippen LogP contribution in [0.4, 0.5) is 0 Å². The van der Waals surface area contributed by atoms with Gasteiger partial charge in [0.15, 0.2) is 0 Å². The maximum atomic E-state index is 11.1. The molecule has 0 rings (SSSR count). The summed E-state index contributed by atoms with van der Waals surface area (Å²) >= 11 is 0. The normalized spacial score (nSPS) is 12.5. The topological polar surface area (TPSA) is 66.8 Å². The Kier molecular flexibility index (Phi) is 14.1. The summed E-state index contributed by atoms with van der Waals surface area (Å²) in [5.41, 5.74) is 0.269. The van der Waals surface area contributed by atoms with Gasteiger partial charge in [0.2, 0.25) is 0 Å². The van der Waals surface area contributed by atoms with E-state index in [0.717, 1.165) is 77.4 Å². The third-order valence-electron chi connectivity index (χ3n) is 6.66. The molecule has 0 amide bonds. The molecule has 0 aromatic heterocycles. The number of carbonyl (C=O) groups is 1. The molecule has 0 fully saturated rings. The standard InChI is InChI=1S/C22H44O4/c1-5-21(6-2,15-16-23)13-9-11-17-26-18-12-10-14-22(7-3,8-4)19-20(24)25/h23H,5-19H2,1-4H3,(H,24,25). The first kappa shape index (κ1) is 25.4. The van der Waals surface area contributed by atoms with E-state index in [-0.39, 0.29) is 18.4 Å². The summed E-state index contributed by atoms with van der Waals surface area (Å²) in [7, 11) is 0. The average Bonchev–Trinajstić information content (AvgIpc) is 2.64. The molecule has 0 aliphatic carbocycles. The SMILES string of the molecule is CCC(CC)(CCO)CCCCOCCCCC(CC)(CC)CC(=O)O. The second-order valence-corrected chi connectivity index (χ2v) is 7.98. The lowest BCUT2D eigenvalue weighted by Gasteiger charge is -2.31. The maximum absolute atomic E-state index is 11.1. The lowest BCUT2D eigenvalue weighted by molar-refractivity contribution is -0.140. The van der Waals surface area contributed by atoms with Crippen LogP contribution in [0.15, 0.2) is 0 Å². The number of hydrogen-bond donors (Lipinski definition) is 2. The molecule has 4 nitrogen and oxygen atoms in total. The van der Waals surface area contributed by atoms with Gasteiger partial charge >= 0.3 is 5.97 Å². The summed E-state index contributed by atoms with van der Waals surface area (Å²) in [5, 5.41) is 18.4. The minimum Gasteiger partial charge on any atom is -0.481 e. The van der Waals surface area contributed by atoms with Crippen LogP contribution in [-0.2, 0) is 9.53 Å². The molecular weight excluding hydrogens is 328 g/mol. The molecular formula is C22H44O4. The number of hydrogen-bond acceptors (Lipinski definition) is 3. The molecule has 2 N–H and O–H groups in total. The van der Waals surface area contributed by atoms with Crippen LogP contribution in [0.25, 0.3) is 0 Å². The Labute approximate surface area is 161 Å². The Hall–Kier alpha value is -0.610. The van der Waals surface area contributed by atoms with Gasteiger partial charge in [0.05, 0.1) is 6.42 Å². The van der Waals surface area contributed by atoms with Crippen molar-refractivity contribution in [3.05, 3.63) is 0 Å². The summed E-state index contributed by atoms with van der Waals surface area (Å²) in [6.07, 6.45) is 11.8. The summed E-state index contributed by atoms with van der Waals surface area (Å²) in [4.78, 5) is 11.1. The van der Waals surface area contributed by atoms with Crippen LogP contribution in [-0.4, -0.2) is 36.0 Å². The quantitative estimate of drug-likeness (QED) is 0.298. The Morgan fingerprint density at radius 1 is 0.769 bits per heavy atom. The molecule has 0 atom stereocenters. The Bertz CT molecular complexity index is 346. The minimum absolute atomic E-state index is 0.0395. The van der Waals surface area contributed by atoms with Crippen molar-refractivity contribution in [2.24, 2.45) is 10.8 Å². The van der Waals surface area contributed by atoms with Crippen molar-refractivity contribution in [3.8, 4) is 0 Å². The number of unbranched alkanes of at least 4 members (excludes halogenated alkanes) is 2. The number of aliphatic carboxylic acids is 1. The van der Waals surface area contributed by atoms with Crippen molar-refractivity contribution in [1.29, 1.82) is 0 Å². The van der Waals surface area contributed by atoms with Gasteiger partial charge in [-0.15, -0.1) is 0 Å². The molecule has 156 valence electrons. The first-order chi connectivity index (χ1) is 12.4. The van der Waals surface area contributed by atoms with Gasteiger partial charge in [-0.3, -0.25) is 4.79 Å². The zero-order valence-corrected chi connectivity index (χ0v) is 17.8. The fourth-order valence-electron chi connectivity index (χ4n) is 4.09. The van der Waals surface area contributed by atoms with Crippen LogP contribution in [0.3, 0.4) is 0 Å². The second-order valence-electron chi connectivity index (χ2n) is 7.98. The molecule has 0 aromatic carbocycles. The van der Waals surface area contributed by atoms with E-state index in [2.05, 4.69) is 27.7 Å². The number of aliphatic hydroxyl groups is 1. The molecule has 0 aromatic rings. The summed E-state index contributed by atoms with van der Waals surface area (Å²) in [6, 6.07) is 0. The smallest absolute Gasteiger partial charge is 0.303 e. The van der Waals surface area contributed by atoms with E-state index in [1.54, 1.807) is 0 Å². The van der Waals surface area contributed by atoms with Gasteiger partial charge in [-0.25, -0.2) is 0 Å². The van der Waals surface area contributed by atoms with Crippen LogP contribution in [0.1, 0.15) is 105 Å². The second kappa shape index (κ2) is 14.4. The van der Waals surface area contributed by atoms with E-state index in [1.165, 1.54) is 6.42 Å². The monoisotopic (exact) mass is 372 g/mol. The Balaban J connectivity index is 3.86. The number of ether oxygens (including phenoxy) is 1. The van der Waals surface area contributed by atoms with Gasteiger partial charge < -0.3 is 14.9 Å². The van der Waals surface area contributed by atoms with Crippen molar-refractivity contribution in [3.63, 3.8) is 0 Å². The molecule has 0 heterocycles. The number of rotatable bonds is 18. The molecule has 0 saturated carbocycles. The summed E-state index contributed by atoms with van der Waals surface area (Å²) in [6.45, 7) is 10.5. The van der Waals surface area contributed by atoms with E-state index in [4.69, 9.17) is 9.84 Å². The van der Waals surface area contributed by atoms with Crippen molar-refractivity contribution in [2.75, 3.05) is 19.8 Å². The fraction of sp³-hybridized carbons (Fsp3) is 0.955. The first-order valence-corrected chi connectivity index (χ1v) is 10.8. The van der Waals surface area contributed by atoms with Crippen molar-refractivity contribution < 1.29 is 19.7 Å². The number of carboxylic acid groups (broad SMARTS) is 1. The van der Waals surface area contributed by atoms with Gasteiger partial charge in [-0.2, -0.15) is 0 Å². The molecule has 0 unspecified atom stereocenters. The third-order valence-corrected chi connectivity index (χ3v) is 6.66. The van der Waals surface area contributed by atoms with Gasteiger partial charge in [0, 0.05) is 19.8 Å². The largest absolute Gasteiger partial charge is 0.481 e. The van der Waals surface area contributed by atoms with Gasteiger partial charge in [-0.05, 0) is 55.8 Å². The van der Waals surface area contributed by atoms with Crippen LogP contribution in [0.5, 0.6) is 0 Å². The highest BCUT2D eigenvalue weighted by Gasteiger charge is 2.28. The minimum atomic E-state index is -0.679. The van der Waals surface area contributed by atoms with E-state index >= 15 is 0 Å². The highest BCUT2D eigenvalue weighted by molar-refractivity contribution is 5.67. The van der Waals surface area contributed by atoms with E-state index in [9.17, 15) is 9.90 Å². The molecule has 4 heteroatoms. The van der Waals surface area contributed by atoms with E-state index in [1.807, 2.05) is 0 Å². The summed E-state index contributed by atoms with van der Waals surface area (Å²) < 4.78 is 5.77. The van der Waals surface area contributed by atoms with Gasteiger partial charge in [0.25, 0.3) is 0 Å².